The summed E-state index contributed by atoms with van der Waals surface area (Å²) < 4.78 is 39.8. The predicted molar refractivity (Wildman–Crippen MR) is 197 cm³/mol. The minimum atomic E-state index is -2.72. The highest BCUT2D eigenvalue weighted by molar-refractivity contribution is 6.99. The zero-order valence-electron chi connectivity index (χ0n) is 30.2. The average Bonchev–Trinajstić information content (AvgIpc) is 3.43. The molecular weight excluding hydrogens is 633 g/mol. The second-order valence-electron chi connectivity index (χ2n) is 15.6. The smallest absolute Gasteiger partial charge is 0.262 e. The first-order valence-corrected chi connectivity index (χ1v) is 22.0. The molecule has 6 nitrogen and oxygen atoms in total. The summed E-state index contributed by atoms with van der Waals surface area (Å²) in [7, 11) is -3.28. The average molecular weight is 687 g/mol. The van der Waals surface area contributed by atoms with Gasteiger partial charge in [0.1, 0.15) is 11.7 Å². The van der Waals surface area contributed by atoms with Crippen LogP contribution in [0.4, 0.5) is 0 Å². The summed E-state index contributed by atoms with van der Waals surface area (Å²) in [6, 6.07) is 31.5. The molecule has 0 amide bonds. The Bertz CT molecular complexity index is 1480. The fourth-order valence-corrected chi connectivity index (χ4v) is 12.5. The summed E-state index contributed by atoms with van der Waals surface area (Å²) in [6.07, 6.45) is -0.802. The second-order valence-corrected chi connectivity index (χ2v) is 24.6. The second kappa shape index (κ2) is 14.7. The zero-order chi connectivity index (χ0) is 34.6. The molecule has 2 saturated heterocycles. The van der Waals surface area contributed by atoms with Crippen molar-refractivity contribution in [3.63, 3.8) is 0 Å². The van der Waals surface area contributed by atoms with Crippen molar-refractivity contribution >= 4 is 27.0 Å². The molecule has 2 aliphatic heterocycles. The lowest BCUT2D eigenvalue weighted by atomic mass is 9.87. The van der Waals surface area contributed by atoms with Gasteiger partial charge in [-0.2, -0.15) is 0 Å². The number of methoxy groups -OCH3 is 1. The summed E-state index contributed by atoms with van der Waals surface area (Å²) in [5, 5.41) is 2.33. The van der Waals surface area contributed by atoms with Crippen molar-refractivity contribution in [1.29, 1.82) is 0 Å². The van der Waals surface area contributed by atoms with E-state index >= 15 is 0 Å². The number of hydrogen-bond donors (Lipinski definition) is 0. The first-order chi connectivity index (χ1) is 22.7. The van der Waals surface area contributed by atoms with Crippen molar-refractivity contribution < 1.29 is 27.8 Å². The van der Waals surface area contributed by atoms with E-state index in [1.807, 2.05) is 18.2 Å². The fraction of sp³-hybridized carbons (Fsp3) is 0.500. The molecule has 0 N–H and O–H groups in total. The molecule has 2 heterocycles. The molecule has 0 radical (unpaired) electrons. The Labute approximate surface area is 290 Å². The molecule has 258 valence electrons. The maximum absolute atomic E-state index is 7.20. The molecule has 3 aromatic rings. The third-order valence-corrected chi connectivity index (χ3v) is 19.8. The van der Waals surface area contributed by atoms with E-state index in [-0.39, 0.29) is 22.8 Å². The van der Waals surface area contributed by atoms with Crippen molar-refractivity contribution in [3.8, 4) is 11.8 Å². The number of fused-ring (bicyclic) bond motifs is 1. The largest absolute Gasteiger partial charge is 0.411 e. The van der Waals surface area contributed by atoms with E-state index in [0.29, 0.717) is 19.4 Å². The number of ether oxygens (including phenoxy) is 4. The molecule has 0 aromatic heterocycles. The predicted octanol–water partition coefficient (Wildman–Crippen LogP) is 7.42. The SMILES string of the molecule is COC1C[C@@]2(OCc3ccccc3)C(O1)O[C@H](C#CCO[Si](c1ccccc1)(c1ccccc1)C(C)(C)C)C[C@@H]2O[Si](C)(C)C(C)(C)C. The van der Waals surface area contributed by atoms with Crippen LogP contribution in [0.15, 0.2) is 91.0 Å². The molecule has 0 aliphatic carbocycles. The normalized spacial score (nSPS) is 24.9. The van der Waals surface area contributed by atoms with E-state index in [1.54, 1.807) is 7.11 Å². The lowest BCUT2D eigenvalue weighted by Gasteiger charge is -2.49. The Kier molecular flexibility index (Phi) is 11.3. The number of benzene rings is 3. The highest BCUT2D eigenvalue weighted by atomic mass is 28.4. The highest BCUT2D eigenvalue weighted by Crippen LogP contribution is 2.48. The van der Waals surface area contributed by atoms with Crippen LogP contribution in [0.3, 0.4) is 0 Å². The standard InChI is InChI=1S/C40H54O6Si2/c1-38(2,3)47(8,9)46-35-28-32(44-37-40(35,29-36(41-7)45-37)42-30-31-20-13-10-14-21-31)22-19-27-43-48(39(4,5)6,33-23-15-11-16-24-33)34-25-17-12-18-26-34/h10-18,20-21,23-26,32,35-37H,27-30H2,1-9H3/t32-,35+,36?,37?,40+/m1/s1. The van der Waals surface area contributed by atoms with E-state index in [9.17, 15) is 0 Å². The Morgan fingerprint density at radius 3 is 1.88 bits per heavy atom. The minimum absolute atomic E-state index is 0.00630. The monoisotopic (exact) mass is 686 g/mol. The van der Waals surface area contributed by atoms with Crippen molar-refractivity contribution in [2.45, 2.75) is 115 Å². The Morgan fingerprint density at radius 1 is 0.792 bits per heavy atom. The van der Waals surface area contributed by atoms with Crippen LogP contribution in [-0.4, -0.2) is 60.7 Å². The first kappa shape index (κ1) is 36.7. The van der Waals surface area contributed by atoms with Crippen LogP contribution in [-0.2, 0) is 34.4 Å². The van der Waals surface area contributed by atoms with Gasteiger partial charge in [-0.25, -0.2) is 0 Å². The molecule has 48 heavy (non-hydrogen) atoms. The zero-order valence-corrected chi connectivity index (χ0v) is 32.2. The molecular formula is C40H54O6Si2. The van der Waals surface area contributed by atoms with Gasteiger partial charge in [0.05, 0.1) is 19.3 Å². The van der Waals surface area contributed by atoms with E-state index in [1.165, 1.54) is 10.4 Å². The van der Waals surface area contributed by atoms with Gasteiger partial charge in [0.25, 0.3) is 8.32 Å². The quantitative estimate of drug-likeness (QED) is 0.164. The first-order valence-electron chi connectivity index (χ1n) is 17.1. The maximum Gasteiger partial charge on any atom is 0.262 e. The van der Waals surface area contributed by atoms with Crippen LogP contribution < -0.4 is 10.4 Å². The van der Waals surface area contributed by atoms with E-state index in [2.05, 4.69) is 139 Å². The fourth-order valence-electron chi connectivity index (χ4n) is 6.67. The van der Waals surface area contributed by atoms with Gasteiger partial charge in [0.15, 0.2) is 20.9 Å². The molecule has 5 atom stereocenters. The topological polar surface area (TPSA) is 55.4 Å². The van der Waals surface area contributed by atoms with Gasteiger partial charge in [-0.05, 0) is 39.1 Å². The summed E-state index contributed by atoms with van der Waals surface area (Å²) in [5.74, 6) is 6.80. The van der Waals surface area contributed by atoms with Crippen LogP contribution >= 0.6 is 0 Å². The van der Waals surface area contributed by atoms with Gasteiger partial charge >= 0.3 is 0 Å². The maximum atomic E-state index is 7.20. The summed E-state index contributed by atoms with van der Waals surface area (Å²) in [6.45, 7) is 18.9. The highest BCUT2D eigenvalue weighted by Gasteiger charge is 2.61. The summed E-state index contributed by atoms with van der Waals surface area (Å²) in [4.78, 5) is 0. The third-order valence-electron chi connectivity index (χ3n) is 10.3. The minimum Gasteiger partial charge on any atom is -0.411 e. The molecule has 3 aromatic carbocycles. The Balaban J connectivity index is 1.44. The van der Waals surface area contributed by atoms with Crippen LogP contribution in [0.1, 0.15) is 59.9 Å². The summed E-state index contributed by atoms with van der Waals surface area (Å²) in [5.41, 5.74) is 0.246. The van der Waals surface area contributed by atoms with Gasteiger partial charge in [-0.3, -0.25) is 0 Å². The van der Waals surface area contributed by atoms with Crippen molar-refractivity contribution in [2.24, 2.45) is 0 Å². The van der Waals surface area contributed by atoms with Gasteiger partial charge in [-0.1, -0.05) is 144 Å². The van der Waals surface area contributed by atoms with E-state index in [0.717, 1.165) is 5.56 Å². The lowest BCUT2D eigenvalue weighted by Crippen LogP contribution is -2.66. The molecule has 0 bridgehead atoms. The summed E-state index contributed by atoms with van der Waals surface area (Å²) >= 11 is 0. The number of rotatable bonds is 10. The van der Waals surface area contributed by atoms with Crippen molar-refractivity contribution in [1.82, 2.24) is 0 Å². The van der Waals surface area contributed by atoms with Crippen molar-refractivity contribution in [2.75, 3.05) is 13.7 Å². The molecule has 0 spiro atoms. The van der Waals surface area contributed by atoms with Gasteiger partial charge in [0, 0.05) is 20.0 Å². The molecule has 2 fully saturated rings. The van der Waals surface area contributed by atoms with E-state index in [4.69, 9.17) is 27.8 Å². The lowest BCUT2D eigenvalue weighted by molar-refractivity contribution is -0.293. The van der Waals surface area contributed by atoms with Gasteiger partial charge < -0.3 is 27.8 Å². The Hall–Kier alpha value is -2.59. The van der Waals surface area contributed by atoms with Crippen molar-refractivity contribution in [3.05, 3.63) is 96.6 Å². The van der Waals surface area contributed by atoms with Gasteiger partial charge in [0.2, 0.25) is 0 Å². The Morgan fingerprint density at radius 2 is 1.35 bits per heavy atom. The van der Waals surface area contributed by atoms with Gasteiger partial charge in [-0.15, -0.1) is 0 Å². The molecule has 8 heteroatoms. The van der Waals surface area contributed by atoms with Crippen LogP contribution in [0.5, 0.6) is 0 Å². The molecule has 2 unspecified atom stereocenters. The van der Waals surface area contributed by atoms with E-state index < -0.39 is 40.9 Å². The number of hydrogen-bond acceptors (Lipinski definition) is 6. The van der Waals surface area contributed by atoms with Crippen LogP contribution in [0.2, 0.25) is 23.2 Å². The van der Waals surface area contributed by atoms with Crippen LogP contribution in [0, 0.1) is 11.8 Å². The molecule has 5 rings (SSSR count). The third kappa shape index (κ3) is 7.59. The van der Waals surface area contributed by atoms with Crippen LogP contribution in [0.25, 0.3) is 0 Å². The molecule has 0 saturated carbocycles. The molecule has 2 aliphatic rings.